The number of benzene rings is 1. The molecule has 0 bridgehead atoms. The number of halogens is 14. The van der Waals surface area contributed by atoms with Gasteiger partial charge in [0.05, 0.1) is 6.42 Å². The molecule has 1 N–H and O–H groups in total. The minimum absolute atomic E-state index is 0.0968. The highest BCUT2D eigenvalue weighted by molar-refractivity contribution is 9.10. The number of nitrogens with zero attached hydrogens (tertiary/aromatic N) is 1. The largest absolute Gasteiger partial charge is 0.460 e. The molecule has 1 aromatic rings. The first-order valence-electron chi connectivity index (χ1n) is 8.53. The van der Waals surface area contributed by atoms with Crippen molar-refractivity contribution in [2.75, 3.05) is 0 Å². The maximum Gasteiger partial charge on any atom is 0.460 e. The summed E-state index contributed by atoms with van der Waals surface area (Å²) in [5.74, 6) is -43.0. The topological polar surface area (TPSA) is 58.5 Å². The van der Waals surface area contributed by atoms with Gasteiger partial charge in [0.1, 0.15) is 0 Å². The molecule has 4 nitrogen and oxygen atoms in total. The predicted octanol–water partition coefficient (Wildman–Crippen LogP) is 6.25. The normalized spacial score (nSPS) is 14.7. The highest BCUT2D eigenvalue weighted by Crippen LogP contribution is 2.60. The summed E-state index contributed by atoms with van der Waals surface area (Å²) in [6.07, 6.45) is -9.58. The lowest BCUT2D eigenvalue weighted by Crippen LogP contribution is -2.71. The van der Waals surface area contributed by atoms with Crippen molar-refractivity contribution in [1.82, 2.24) is 5.43 Å². The van der Waals surface area contributed by atoms with Crippen molar-refractivity contribution in [3.05, 3.63) is 34.3 Å². The number of ketones is 1. The lowest BCUT2D eigenvalue weighted by molar-refractivity contribution is -0.436. The van der Waals surface area contributed by atoms with E-state index in [1.165, 1.54) is 24.3 Å². The summed E-state index contributed by atoms with van der Waals surface area (Å²) in [6.45, 7) is 0.610. The standard InChI is InChI=1S/C17H10BrF13N2O2/c1-7(32-33-11(35)8-2-4-9(18)5-3-8)6-10(34)12(19,20)13(21,22)14(23,24)15(25,26)16(27,28)17(29,30)31/h2-5H,6H2,1H3,(H,33,35)/b32-7-. The van der Waals surface area contributed by atoms with Crippen LogP contribution in [0.1, 0.15) is 23.7 Å². The molecule has 18 heteroatoms. The number of amides is 1. The molecule has 1 amide bonds. The summed E-state index contributed by atoms with van der Waals surface area (Å²) in [6, 6.07) is 5.16. The van der Waals surface area contributed by atoms with Gasteiger partial charge in [0.2, 0.25) is 5.78 Å². The molecule has 0 aliphatic carbocycles. The summed E-state index contributed by atoms with van der Waals surface area (Å²) in [5.41, 5.74) is 0.585. The maximum absolute atomic E-state index is 13.8. The molecule has 0 aliphatic heterocycles. The van der Waals surface area contributed by atoms with Crippen LogP contribution in [0.4, 0.5) is 57.1 Å². The number of alkyl halides is 13. The number of carbonyl (C=O) groups is 2. The summed E-state index contributed by atoms with van der Waals surface area (Å²) < 4.78 is 170. The summed E-state index contributed by atoms with van der Waals surface area (Å²) in [7, 11) is 0. The third-order valence-corrected chi connectivity index (χ3v) is 4.68. The molecule has 0 fully saturated rings. The number of carbonyl (C=O) groups excluding carboxylic acids is 2. The molecule has 1 rings (SSSR count). The molecule has 0 aliphatic rings. The van der Waals surface area contributed by atoms with E-state index in [2.05, 4.69) is 21.0 Å². The average molecular weight is 601 g/mol. The van der Waals surface area contributed by atoms with Crippen LogP contribution in [-0.2, 0) is 4.79 Å². The molecule has 1 aromatic carbocycles. The molecule has 198 valence electrons. The van der Waals surface area contributed by atoms with Crippen molar-refractivity contribution < 1.29 is 66.7 Å². The zero-order chi connectivity index (χ0) is 27.8. The number of nitrogens with one attached hydrogen (secondary N) is 1. The monoisotopic (exact) mass is 600 g/mol. The Bertz CT molecular complexity index is 989. The second-order valence-corrected chi connectivity index (χ2v) is 7.68. The molecule has 0 heterocycles. The van der Waals surface area contributed by atoms with E-state index < -0.39 is 59.6 Å². The number of rotatable bonds is 9. The second-order valence-electron chi connectivity index (χ2n) is 6.76. The number of hydrogen-bond donors (Lipinski definition) is 1. The van der Waals surface area contributed by atoms with Crippen LogP contribution in [0.2, 0.25) is 0 Å². The fourth-order valence-corrected chi connectivity index (χ4v) is 2.40. The van der Waals surface area contributed by atoms with E-state index in [1.54, 1.807) is 5.43 Å². The van der Waals surface area contributed by atoms with Gasteiger partial charge in [-0.05, 0) is 31.2 Å². The van der Waals surface area contributed by atoms with Crippen LogP contribution in [0.3, 0.4) is 0 Å². The smallest absolute Gasteiger partial charge is 0.292 e. The fraction of sp³-hybridized carbons (Fsp3) is 0.471. The molecular weight excluding hydrogens is 591 g/mol. The van der Waals surface area contributed by atoms with Crippen molar-refractivity contribution in [3.63, 3.8) is 0 Å². The van der Waals surface area contributed by atoms with E-state index in [4.69, 9.17) is 0 Å². The van der Waals surface area contributed by atoms with Gasteiger partial charge in [0.15, 0.2) is 0 Å². The van der Waals surface area contributed by atoms with Gasteiger partial charge >= 0.3 is 35.8 Å². The van der Waals surface area contributed by atoms with Gasteiger partial charge < -0.3 is 0 Å². The Hall–Kier alpha value is -2.40. The number of hydrogen-bond acceptors (Lipinski definition) is 3. The fourth-order valence-electron chi connectivity index (χ4n) is 2.14. The Labute approximate surface area is 194 Å². The van der Waals surface area contributed by atoms with Gasteiger partial charge in [0.25, 0.3) is 5.91 Å². The SMILES string of the molecule is C/C(CC(=O)C(F)(F)C(F)(F)C(F)(F)C(F)(F)C(F)(F)C(F)(F)F)=N/NC(=O)c1ccc(Br)cc1. The van der Waals surface area contributed by atoms with Crippen LogP contribution < -0.4 is 5.43 Å². The van der Waals surface area contributed by atoms with Gasteiger partial charge in [-0.3, -0.25) is 9.59 Å². The van der Waals surface area contributed by atoms with Gasteiger partial charge in [-0.25, -0.2) is 5.43 Å². The van der Waals surface area contributed by atoms with Crippen molar-refractivity contribution in [2.24, 2.45) is 5.10 Å². The molecule has 35 heavy (non-hydrogen) atoms. The molecule has 0 radical (unpaired) electrons. The Kier molecular flexibility index (Phi) is 8.38. The highest BCUT2D eigenvalue weighted by atomic mass is 79.9. The Morgan fingerprint density at radius 2 is 1.20 bits per heavy atom. The Balaban J connectivity index is 3.17. The van der Waals surface area contributed by atoms with E-state index in [0.717, 1.165) is 0 Å². The third-order valence-electron chi connectivity index (χ3n) is 4.15. The first-order valence-corrected chi connectivity index (χ1v) is 9.32. The first-order chi connectivity index (χ1) is 15.4. The molecule has 0 saturated heterocycles. The summed E-state index contributed by atoms with van der Waals surface area (Å²) in [5, 5.41) is 3.04. The van der Waals surface area contributed by atoms with E-state index in [1.807, 2.05) is 0 Å². The van der Waals surface area contributed by atoms with Gasteiger partial charge in [-0.15, -0.1) is 0 Å². The molecule has 0 atom stereocenters. The van der Waals surface area contributed by atoms with Gasteiger partial charge in [0, 0.05) is 15.7 Å². The van der Waals surface area contributed by atoms with Crippen LogP contribution in [0.15, 0.2) is 33.8 Å². The number of hydrazone groups is 1. The minimum Gasteiger partial charge on any atom is -0.292 e. The Morgan fingerprint density at radius 1 is 0.771 bits per heavy atom. The molecular formula is C17H10BrF13N2O2. The van der Waals surface area contributed by atoms with Gasteiger partial charge in [-0.2, -0.15) is 62.2 Å². The summed E-state index contributed by atoms with van der Waals surface area (Å²) >= 11 is 3.04. The van der Waals surface area contributed by atoms with Crippen molar-refractivity contribution in [2.45, 2.75) is 49.1 Å². The Morgan fingerprint density at radius 3 is 1.63 bits per heavy atom. The lowest BCUT2D eigenvalue weighted by Gasteiger charge is -2.39. The van der Waals surface area contributed by atoms with Gasteiger partial charge in [-0.1, -0.05) is 15.9 Å². The van der Waals surface area contributed by atoms with Crippen LogP contribution in [-0.4, -0.2) is 53.2 Å². The van der Waals surface area contributed by atoms with Crippen LogP contribution in [0, 0.1) is 0 Å². The minimum atomic E-state index is -8.10. The molecule has 0 saturated carbocycles. The van der Waals surface area contributed by atoms with Crippen molar-refractivity contribution >= 4 is 33.3 Å². The van der Waals surface area contributed by atoms with Crippen molar-refractivity contribution in [1.29, 1.82) is 0 Å². The molecule has 0 unspecified atom stereocenters. The number of Topliss-reactive ketones (excluding diaryl/α,β-unsaturated/α-hetero) is 1. The lowest BCUT2D eigenvalue weighted by atomic mass is 9.91. The van der Waals surface area contributed by atoms with E-state index in [0.29, 0.717) is 11.4 Å². The van der Waals surface area contributed by atoms with Crippen LogP contribution in [0.5, 0.6) is 0 Å². The zero-order valence-electron chi connectivity index (χ0n) is 16.6. The van der Waals surface area contributed by atoms with Crippen LogP contribution in [0.25, 0.3) is 0 Å². The van der Waals surface area contributed by atoms with E-state index in [-0.39, 0.29) is 5.56 Å². The average Bonchev–Trinajstić information content (AvgIpc) is 2.70. The predicted molar refractivity (Wildman–Crippen MR) is 95.1 cm³/mol. The molecule has 0 spiro atoms. The van der Waals surface area contributed by atoms with E-state index >= 15 is 0 Å². The quantitative estimate of drug-likeness (QED) is 0.207. The van der Waals surface area contributed by atoms with Crippen molar-refractivity contribution in [3.8, 4) is 0 Å². The van der Waals surface area contributed by atoms with E-state index in [9.17, 15) is 66.7 Å². The molecule has 0 aromatic heterocycles. The maximum atomic E-state index is 13.8. The second kappa shape index (κ2) is 9.57. The highest BCUT2D eigenvalue weighted by Gasteiger charge is 2.91. The third kappa shape index (κ3) is 5.40. The zero-order valence-corrected chi connectivity index (χ0v) is 18.2. The van der Waals surface area contributed by atoms with Crippen LogP contribution >= 0.6 is 15.9 Å². The summed E-state index contributed by atoms with van der Waals surface area (Å²) in [4.78, 5) is 23.3. The first kappa shape index (κ1) is 30.6.